The number of aromatic amines is 1. The molecule has 0 aliphatic heterocycles. The van der Waals surface area contributed by atoms with Gasteiger partial charge in [0.15, 0.2) is 0 Å². The topological polar surface area (TPSA) is 55.0 Å². The van der Waals surface area contributed by atoms with Crippen molar-refractivity contribution in [3.05, 3.63) is 65.4 Å². The van der Waals surface area contributed by atoms with Gasteiger partial charge in [0, 0.05) is 5.56 Å². The van der Waals surface area contributed by atoms with Crippen LogP contribution in [0.25, 0.3) is 22.6 Å². The molecule has 4 nitrogen and oxygen atoms in total. The van der Waals surface area contributed by atoms with E-state index in [0.29, 0.717) is 12.2 Å². The first-order valence-corrected chi connectivity index (χ1v) is 10.7. The fraction of sp³-hybridized carbons (Fsp3) is 0.385. The number of imidazole rings is 1. The van der Waals surface area contributed by atoms with Crippen molar-refractivity contribution in [3.63, 3.8) is 0 Å². The third-order valence-electron chi connectivity index (χ3n) is 6.41. The largest absolute Gasteiger partial charge is 0.462 e. The highest BCUT2D eigenvalue weighted by molar-refractivity contribution is 5.90. The van der Waals surface area contributed by atoms with Crippen molar-refractivity contribution < 1.29 is 9.53 Å². The molecule has 0 fully saturated rings. The van der Waals surface area contributed by atoms with Gasteiger partial charge in [-0.2, -0.15) is 0 Å². The molecule has 2 aromatic carbocycles. The van der Waals surface area contributed by atoms with Gasteiger partial charge in [-0.25, -0.2) is 9.78 Å². The van der Waals surface area contributed by atoms with Gasteiger partial charge in [-0.15, -0.1) is 0 Å². The lowest BCUT2D eigenvalue weighted by atomic mass is 9.63. The summed E-state index contributed by atoms with van der Waals surface area (Å²) in [6.07, 6.45) is 4.24. The molecule has 1 N–H and O–H groups in total. The Kier molecular flexibility index (Phi) is 5.05. The van der Waals surface area contributed by atoms with Crippen molar-refractivity contribution in [2.24, 2.45) is 0 Å². The number of carbonyl (C=O) groups is 1. The van der Waals surface area contributed by atoms with Crippen molar-refractivity contribution in [2.75, 3.05) is 6.61 Å². The summed E-state index contributed by atoms with van der Waals surface area (Å²) in [5.74, 6) is 0.565. The van der Waals surface area contributed by atoms with Crippen LogP contribution in [0, 0.1) is 0 Å². The van der Waals surface area contributed by atoms with Crippen LogP contribution in [0.15, 0.2) is 48.7 Å². The Labute approximate surface area is 178 Å². The molecule has 1 heterocycles. The average Bonchev–Trinajstić information content (AvgIpc) is 3.22. The standard InChI is InChI=1S/C26H30N2O2/c1-6-30-24(29)18-9-7-17(8-10-18)22-16-27-23(28-22)19-11-12-20-21(15-19)26(4,5)14-13-25(20,2)3/h7-12,15-16H,6,13-14H2,1-5H3,(H,27,28). The maximum absolute atomic E-state index is 11.9. The van der Waals surface area contributed by atoms with E-state index in [2.05, 4.69) is 55.9 Å². The third-order valence-corrected chi connectivity index (χ3v) is 6.41. The quantitative estimate of drug-likeness (QED) is 0.523. The first-order chi connectivity index (χ1) is 14.2. The second-order valence-corrected chi connectivity index (χ2v) is 9.47. The highest BCUT2D eigenvalue weighted by Crippen LogP contribution is 2.46. The predicted molar refractivity (Wildman–Crippen MR) is 121 cm³/mol. The first kappa shape index (κ1) is 20.4. The highest BCUT2D eigenvalue weighted by atomic mass is 16.5. The van der Waals surface area contributed by atoms with Crippen molar-refractivity contribution in [3.8, 4) is 22.6 Å². The molecule has 0 bridgehead atoms. The fourth-order valence-corrected chi connectivity index (χ4v) is 4.35. The van der Waals surface area contributed by atoms with Crippen molar-refractivity contribution in [1.82, 2.24) is 9.97 Å². The van der Waals surface area contributed by atoms with Crippen LogP contribution in [0.3, 0.4) is 0 Å². The molecular weight excluding hydrogens is 372 g/mol. The molecule has 1 aliphatic carbocycles. The van der Waals surface area contributed by atoms with E-state index in [1.54, 1.807) is 19.1 Å². The van der Waals surface area contributed by atoms with Crippen LogP contribution in [0.1, 0.15) is 68.9 Å². The molecule has 1 aromatic heterocycles. The number of H-pyrrole nitrogens is 1. The molecule has 1 aliphatic rings. The molecule has 0 amide bonds. The zero-order valence-electron chi connectivity index (χ0n) is 18.5. The number of aromatic nitrogens is 2. The number of hydrogen-bond acceptors (Lipinski definition) is 3. The number of fused-ring (bicyclic) bond motifs is 1. The van der Waals surface area contributed by atoms with E-state index >= 15 is 0 Å². The number of esters is 1. The maximum Gasteiger partial charge on any atom is 0.338 e. The zero-order valence-corrected chi connectivity index (χ0v) is 18.5. The molecule has 156 valence electrons. The SMILES string of the molecule is CCOC(=O)c1ccc(-c2cnc(-c3ccc4c(c3)C(C)(C)CCC4(C)C)[nH]2)cc1. The molecule has 30 heavy (non-hydrogen) atoms. The summed E-state index contributed by atoms with van der Waals surface area (Å²) in [5.41, 5.74) is 6.82. The smallest absolute Gasteiger partial charge is 0.338 e. The van der Waals surface area contributed by atoms with Gasteiger partial charge in [-0.1, -0.05) is 52.0 Å². The van der Waals surface area contributed by atoms with Gasteiger partial charge in [-0.3, -0.25) is 0 Å². The zero-order chi connectivity index (χ0) is 21.5. The Morgan fingerprint density at radius 1 is 0.967 bits per heavy atom. The molecule has 4 heteroatoms. The number of nitrogens with zero attached hydrogens (tertiary/aromatic N) is 1. The summed E-state index contributed by atoms with van der Waals surface area (Å²) in [4.78, 5) is 19.9. The molecule has 0 saturated heterocycles. The van der Waals surface area contributed by atoms with E-state index in [-0.39, 0.29) is 16.8 Å². The van der Waals surface area contributed by atoms with Gasteiger partial charge in [0.2, 0.25) is 0 Å². The number of benzene rings is 2. The second kappa shape index (κ2) is 7.42. The minimum atomic E-state index is -0.297. The molecule has 3 aromatic rings. The summed E-state index contributed by atoms with van der Waals surface area (Å²) in [6.45, 7) is 11.5. The van der Waals surface area contributed by atoms with E-state index in [1.807, 2.05) is 18.3 Å². The van der Waals surface area contributed by atoms with Crippen LogP contribution in [0.2, 0.25) is 0 Å². The van der Waals surface area contributed by atoms with E-state index in [1.165, 1.54) is 24.0 Å². The van der Waals surface area contributed by atoms with Gasteiger partial charge in [0.1, 0.15) is 5.82 Å². The van der Waals surface area contributed by atoms with Crippen molar-refractivity contribution in [2.45, 2.75) is 58.3 Å². The summed E-state index contributed by atoms with van der Waals surface area (Å²) >= 11 is 0. The number of ether oxygens (including phenoxy) is 1. The molecule has 0 atom stereocenters. The number of nitrogens with one attached hydrogen (secondary N) is 1. The summed E-state index contributed by atoms with van der Waals surface area (Å²) < 4.78 is 5.05. The lowest BCUT2D eigenvalue weighted by Gasteiger charge is -2.42. The Balaban J connectivity index is 1.64. The van der Waals surface area contributed by atoms with E-state index < -0.39 is 0 Å². The van der Waals surface area contributed by atoms with Crippen LogP contribution in [-0.2, 0) is 15.6 Å². The third kappa shape index (κ3) is 3.67. The second-order valence-electron chi connectivity index (χ2n) is 9.47. The molecule has 4 rings (SSSR count). The Bertz CT molecular complexity index is 1070. The van der Waals surface area contributed by atoms with Gasteiger partial charge < -0.3 is 9.72 Å². The normalized spacial score (nSPS) is 16.7. The molecular formula is C26H30N2O2. The van der Waals surface area contributed by atoms with Gasteiger partial charge in [0.25, 0.3) is 0 Å². The number of rotatable bonds is 4. The van der Waals surface area contributed by atoms with Crippen LogP contribution in [-0.4, -0.2) is 22.5 Å². The van der Waals surface area contributed by atoms with Crippen LogP contribution in [0.4, 0.5) is 0 Å². The number of hydrogen-bond donors (Lipinski definition) is 1. The van der Waals surface area contributed by atoms with Crippen LogP contribution >= 0.6 is 0 Å². The molecule has 0 radical (unpaired) electrons. The summed E-state index contributed by atoms with van der Waals surface area (Å²) in [7, 11) is 0. The van der Waals surface area contributed by atoms with E-state index in [4.69, 9.17) is 4.74 Å². The lowest BCUT2D eigenvalue weighted by Crippen LogP contribution is -2.33. The Hall–Kier alpha value is -2.88. The van der Waals surface area contributed by atoms with Gasteiger partial charge in [0.05, 0.1) is 24.1 Å². The summed E-state index contributed by atoms with van der Waals surface area (Å²) in [6, 6.07) is 14.2. The molecule has 0 saturated carbocycles. The van der Waals surface area contributed by atoms with Crippen molar-refractivity contribution >= 4 is 5.97 Å². The van der Waals surface area contributed by atoms with Crippen LogP contribution in [0.5, 0.6) is 0 Å². The Morgan fingerprint density at radius 3 is 2.27 bits per heavy atom. The monoisotopic (exact) mass is 402 g/mol. The maximum atomic E-state index is 11.9. The summed E-state index contributed by atoms with van der Waals surface area (Å²) in [5, 5.41) is 0. The van der Waals surface area contributed by atoms with E-state index in [9.17, 15) is 4.79 Å². The number of carbonyl (C=O) groups excluding carboxylic acids is 1. The minimum absolute atomic E-state index is 0.166. The minimum Gasteiger partial charge on any atom is -0.462 e. The highest BCUT2D eigenvalue weighted by Gasteiger charge is 2.37. The lowest BCUT2D eigenvalue weighted by molar-refractivity contribution is 0.0526. The van der Waals surface area contributed by atoms with Crippen LogP contribution < -0.4 is 0 Å². The Morgan fingerprint density at radius 2 is 1.60 bits per heavy atom. The van der Waals surface area contributed by atoms with Gasteiger partial charge >= 0.3 is 5.97 Å². The fourth-order valence-electron chi connectivity index (χ4n) is 4.35. The molecule has 0 spiro atoms. The van der Waals surface area contributed by atoms with E-state index in [0.717, 1.165) is 22.6 Å². The average molecular weight is 403 g/mol. The predicted octanol–water partition coefficient (Wildman–Crippen LogP) is 6.27. The van der Waals surface area contributed by atoms with Crippen molar-refractivity contribution in [1.29, 1.82) is 0 Å². The van der Waals surface area contributed by atoms with Gasteiger partial charge in [-0.05, 0) is 65.5 Å². The molecule has 0 unspecified atom stereocenters. The first-order valence-electron chi connectivity index (χ1n) is 10.7.